The predicted octanol–water partition coefficient (Wildman–Crippen LogP) is 3.08. The molecule has 3 aromatic rings. The number of aromatic nitrogens is 3. The fourth-order valence-corrected chi connectivity index (χ4v) is 2.71. The van der Waals surface area contributed by atoms with Gasteiger partial charge in [-0.2, -0.15) is 5.10 Å². The monoisotopic (exact) mass is 303 g/mol. The average Bonchev–Trinajstić information content (AvgIpc) is 2.80. The van der Waals surface area contributed by atoms with Gasteiger partial charge in [-0.15, -0.1) is 0 Å². The highest BCUT2D eigenvalue weighted by Gasteiger charge is 2.19. The van der Waals surface area contributed by atoms with Gasteiger partial charge in [-0.05, 0) is 19.9 Å². The van der Waals surface area contributed by atoms with Gasteiger partial charge in [0, 0.05) is 12.1 Å². The smallest absolute Gasteiger partial charge is 0.235 e. The summed E-state index contributed by atoms with van der Waals surface area (Å²) in [7, 11) is 0. The molecule has 0 amide bonds. The van der Waals surface area contributed by atoms with Crippen LogP contribution in [0.4, 0.5) is 0 Å². The van der Waals surface area contributed by atoms with Gasteiger partial charge in [-0.1, -0.05) is 29.8 Å². The third kappa shape index (κ3) is 2.01. The first-order chi connectivity index (χ1) is 10.0. The standard InChI is InChI=1S/C15H14ClN3O2/c1-3-19-15-11(8(2)18-19)13(20)14(21)12(17-15)9-6-4-5-7-10(9)16/h4-7,21H,3H2,1-2H3,(H,17,20). The molecule has 2 N–H and O–H groups in total. The van der Waals surface area contributed by atoms with E-state index in [0.717, 1.165) is 0 Å². The maximum Gasteiger partial charge on any atom is 0.235 e. The van der Waals surface area contributed by atoms with Gasteiger partial charge in [0.15, 0.2) is 5.75 Å². The molecule has 5 nitrogen and oxygen atoms in total. The van der Waals surface area contributed by atoms with Gasteiger partial charge in [0.25, 0.3) is 0 Å². The number of nitrogens with one attached hydrogen (secondary N) is 1. The van der Waals surface area contributed by atoms with Crippen LogP contribution in [-0.2, 0) is 6.54 Å². The number of nitrogens with zero attached hydrogens (tertiary/aromatic N) is 2. The van der Waals surface area contributed by atoms with E-state index in [9.17, 15) is 9.90 Å². The molecule has 0 radical (unpaired) electrons. The van der Waals surface area contributed by atoms with Crippen molar-refractivity contribution in [3.8, 4) is 17.0 Å². The van der Waals surface area contributed by atoms with Crippen LogP contribution in [0.2, 0.25) is 5.02 Å². The number of benzene rings is 1. The van der Waals surface area contributed by atoms with Crippen molar-refractivity contribution < 1.29 is 5.11 Å². The SMILES string of the molecule is CCn1nc(C)c2c(=O)c(O)c(-c3ccccc3Cl)[nH]c21. The Labute approximate surface area is 125 Å². The number of rotatable bonds is 2. The summed E-state index contributed by atoms with van der Waals surface area (Å²) >= 11 is 6.16. The van der Waals surface area contributed by atoms with E-state index in [1.54, 1.807) is 35.9 Å². The Bertz CT molecular complexity index is 896. The third-order valence-corrected chi connectivity index (χ3v) is 3.82. The number of hydrogen-bond donors (Lipinski definition) is 2. The Morgan fingerprint density at radius 1 is 1.38 bits per heavy atom. The third-order valence-electron chi connectivity index (χ3n) is 3.49. The van der Waals surface area contributed by atoms with Crippen LogP contribution < -0.4 is 5.43 Å². The van der Waals surface area contributed by atoms with E-state index in [4.69, 9.17) is 11.6 Å². The van der Waals surface area contributed by atoms with E-state index in [0.29, 0.717) is 39.6 Å². The quantitative estimate of drug-likeness (QED) is 0.764. The van der Waals surface area contributed by atoms with Crippen LogP contribution in [0.5, 0.6) is 5.75 Å². The van der Waals surface area contributed by atoms with Gasteiger partial charge in [0.1, 0.15) is 5.65 Å². The zero-order chi connectivity index (χ0) is 15.1. The summed E-state index contributed by atoms with van der Waals surface area (Å²) in [6.07, 6.45) is 0. The number of aryl methyl sites for hydroxylation is 2. The second-order valence-corrected chi connectivity index (χ2v) is 5.19. The molecule has 0 saturated carbocycles. The Balaban J connectivity index is 2.43. The van der Waals surface area contributed by atoms with Crippen molar-refractivity contribution in [3.63, 3.8) is 0 Å². The molecule has 0 saturated heterocycles. The van der Waals surface area contributed by atoms with Gasteiger partial charge in [-0.25, -0.2) is 4.68 Å². The summed E-state index contributed by atoms with van der Waals surface area (Å²) < 4.78 is 1.70. The van der Waals surface area contributed by atoms with Gasteiger partial charge < -0.3 is 10.1 Å². The minimum atomic E-state index is -0.434. The largest absolute Gasteiger partial charge is 0.503 e. The maximum atomic E-state index is 12.4. The van der Waals surface area contributed by atoms with Crippen LogP contribution in [0.3, 0.4) is 0 Å². The molecule has 0 bridgehead atoms. The van der Waals surface area contributed by atoms with Crippen molar-refractivity contribution in [2.75, 3.05) is 0 Å². The van der Waals surface area contributed by atoms with Crippen LogP contribution in [0.15, 0.2) is 29.1 Å². The Kier molecular flexibility index (Phi) is 3.22. The average molecular weight is 304 g/mol. The lowest BCUT2D eigenvalue weighted by Crippen LogP contribution is -2.07. The normalized spacial score (nSPS) is 11.2. The van der Waals surface area contributed by atoms with E-state index in [-0.39, 0.29) is 5.75 Å². The number of aromatic hydroxyl groups is 1. The van der Waals surface area contributed by atoms with Gasteiger partial charge in [0.2, 0.25) is 5.43 Å². The fraction of sp³-hybridized carbons (Fsp3) is 0.200. The van der Waals surface area contributed by atoms with Gasteiger partial charge in [-0.3, -0.25) is 4.79 Å². The maximum absolute atomic E-state index is 12.4. The first-order valence-electron chi connectivity index (χ1n) is 6.61. The molecule has 0 aliphatic carbocycles. The van der Waals surface area contributed by atoms with Crippen LogP contribution in [0, 0.1) is 6.92 Å². The molecule has 0 aliphatic heterocycles. The molecule has 0 aliphatic rings. The second-order valence-electron chi connectivity index (χ2n) is 4.78. The zero-order valence-corrected chi connectivity index (χ0v) is 12.4. The number of halogens is 1. The van der Waals surface area contributed by atoms with Crippen molar-refractivity contribution in [2.45, 2.75) is 20.4 Å². The number of pyridine rings is 1. The van der Waals surface area contributed by atoms with Gasteiger partial charge >= 0.3 is 0 Å². The Hall–Kier alpha value is -2.27. The van der Waals surface area contributed by atoms with Crippen molar-refractivity contribution in [2.24, 2.45) is 0 Å². The highest BCUT2D eigenvalue weighted by atomic mass is 35.5. The molecule has 3 rings (SSSR count). The second kappa shape index (κ2) is 4.93. The van der Waals surface area contributed by atoms with E-state index < -0.39 is 5.43 Å². The summed E-state index contributed by atoms with van der Waals surface area (Å²) in [4.78, 5) is 15.5. The summed E-state index contributed by atoms with van der Waals surface area (Å²) in [6, 6.07) is 7.05. The molecular weight excluding hydrogens is 290 g/mol. The lowest BCUT2D eigenvalue weighted by Gasteiger charge is -2.08. The summed E-state index contributed by atoms with van der Waals surface area (Å²) in [5, 5.41) is 15.4. The minimum Gasteiger partial charge on any atom is -0.503 e. The molecule has 2 heterocycles. The highest BCUT2D eigenvalue weighted by molar-refractivity contribution is 6.33. The molecule has 0 atom stereocenters. The molecule has 2 aromatic heterocycles. The zero-order valence-electron chi connectivity index (χ0n) is 11.6. The van der Waals surface area contributed by atoms with Crippen LogP contribution in [0.1, 0.15) is 12.6 Å². The van der Waals surface area contributed by atoms with Crippen LogP contribution in [-0.4, -0.2) is 19.9 Å². The van der Waals surface area contributed by atoms with E-state index in [1.165, 1.54) is 0 Å². The first-order valence-corrected chi connectivity index (χ1v) is 6.99. The summed E-state index contributed by atoms with van der Waals surface area (Å²) in [5.74, 6) is -0.339. The molecule has 21 heavy (non-hydrogen) atoms. The van der Waals surface area contributed by atoms with Crippen molar-refractivity contribution in [3.05, 3.63) is 45.2 Å². The minimum absolute atomic E-state index is 0.313. The number of fused-ring (bicyclic) bond motifs is 1. The Morgan fingerprint density at radius 2 is 2.10 bits per heavy atom. The first kappa shape index (κ1) is 13.7. The molecule has 0 spiro atoms. The predicted molar refractivity (Wildman–Crippen MR) is 82.9 cm³/mol. The van der Waals surface area contributed by atoms with Crippen LogP contribution >= 0.6 is 11.6 Å². The van der Waals surface area contributed by atoms with Crippen molar-refractivity contribution >= 4 is 22.6 Å². The lowest BCUT2D eigenvalue weighted by atomic mass is 10.1. The number of aromatic amines is 1. The molecular formula is C15H14ClN3O2. The van der Waals surface area contributed by atoms with Crippen LogP contribution in [0.25, 0.3) is 22.3 Å². The fourth-order valence-electron chi connectivity index (χ4n) is 2.48. The number of hydrogen-bond acceptors (Lipinski definition) is 3. The molecule has 1 aromatic carbocycles. The molecule has 0 fully saturated rings. The molecule has 0 unspecified atom stereocenters. The van der Waals surface area contributed by atoms with E-state index in [1.807, 2.05) is 6.92 Å². The van der Waals surface area contributed by atoms with E-state index in [2.05, 4.69) is 10.1 Å². The number of H-pyrrole nitrogens is 1. The Morgan fingerprint density at radius 3 is 2.76 bits per heavy atom. The summed E-state index contributed by atoms with van der Waals surface area (Å²) in [6.45, 7) is 4.30. The van der Waals surface area contributed by atoms with Crippen molar-refractivity contribution in [1.82, 2.24) is 14.8 Å². The molecule has 108 valence electrons. The van der Waals surface area contributed by atoms with E-state index >= 15 is 0 Å². The molecule has 6 heteroatoms. The topological polar surface area (TPSA) is 70.9 Å². The summed E-state index contributed by atoms with van der Waals surface area (Å²) in [5.41, 5.74) is 1.64. The lowest BCUT2D eigenvalue weighted by molar-refractivity contribution is 0.471. The van der Waals surface area contributed by atoms with Crippen molar-refractivity contribution in [1.29, 1.82) is 0 Å². The van der Waals surface area contributed by atoms with Gasteiger partial charge in [0.05, 0.1) is 21.8 Å². The highest BCUT2D eigenvalue weighted by Crippen LogP contribution is 2.32.